The van der Waals surface area contributed by atoms with Crippen LogP contribution in [0, 0.1) is 13.8 Å². The zero-order chi connectivity index (χ0) is 22.0. The standard InChI is InChI=1S/C23H28N2O4S/c1-6-7-12-25-19(16-10-8-9-11-17(16)29-13(2)3)18(21(27)23(25)28)20(26)22-14(4)24-15(5)30-22/h8-11,13,19,27H,6-7,12H2,1-5H3. The van der Waals surface area contributed by atoms with Crippen molar-refractivity contribution in [1.82, 2.24) is 9.88 Å². The van der Waals surface area contributed by atoms with E-state index in [0.717, 1.165) is 17.8 Å². The molecule has 0 fully saturated rings. The van der Waals surface area contributed by atoms with Crippen LogP contribution in [0.3, 0.4) is 0 Å². The van der Waals surface area contributed by atoms with Crippen LogP contribution in [0.5, 0.6) is 5.75 Å². The predicted molar refractivity (Wildman–Crippen MR) is 117 cm³/mol. The lowest BCUT2D eigenvalue weighted by Crippen LogP contribution is -2.32. The molecule has 1 unspecified atom stereocenters. The second kappa shape index (κ2) is 9.00. The highest BCUT2D eigenvalue weighted by Crippen LogP contribution is 2.43. The zero-order valence-corrected chi connectivity index (χ0v) is 18.9. The van der Waals surface area contributed by atoms with Crippen LogP contribution in [0.15, 0.2) is 35.6 Å². The van der Waals surface area contributed by atoms with Crippen LogP contribution in [0.25, 0.3) is 0 Å². The number of hydrogen-bond donors (Lipinski definition) is 1. The van der Waals surface area contributed by atoms with Gasteiger partial charge in [0.25, 0.3) is 5.91 Å². The van der Waals surface area contributed by atoms with E-state index in [2.05, 4.69) is 4.98 Å². The Morgan fingerprint density at radius 3 is 2.60 bits per heavy atom. The number of carbonyl (C=O) groups is 2. The summed E-state index contributed by atoms with van der Waals surface area (Å²) in [6, 6.07) is 6.69. The van der Waals surface area contributed by atoms with Crippen LogP contribution < -0.4 is 4.74 Å². The average Bonchev–Trinajstić information content (AvgIpc) is 3.16. The molecule has 7 heteroatoms. The van der Waals surface area contributed by atoms with E-state index in [1.54, 1.807) is 11.8 Å². The molecule has 0 bridgehead atoms. The number of amides is 1. The summed E-state index contributed by atoms with van der Waals surface area (Å²) in [5, 5.41) is 11.5. The summed E-state index contributed by atoms with van der Waals surface area (Å²) in [4.78, 5) is 32.9. The van der Waals surface area contributed by atoms with Gasteiger partial charge < -0.3 is 14.7 Å². The maximum absolute atomic E-state index is 13.5. The van der Waals surface area contributed by atoms with E-state index in [1.807, 2.05) is 52.0 Å². The molecule has 1 N–H and O–H groups in total. The number of aryl methyl sites for hydroxylation is 2. The normalized spacial score (nSPS) is 16.7. The molecule has 1 aromatic carbocycles. The van der Waals surface area contributed by atoms with Crippen LogP contribution in [-0.4, -0.2) is 39.3 Å². The van der Waals surface area contributed by atoms with Crippen molar-refractivity contribution in [2.75, 3.05) is 6.54 Å². The molecule has 160 valence electrons. The lowest BCUT2D eigenvalue weighted by molar-refractivity contribution is -0.129. The molecule has 1 amide bonds. The molecular weight excluding hydrogens is 400 g/mol. The smallest absolute Gasteiger partial charge is 0.290 e. The molecule has 2 aromatic rings. The molecule has 0 spiro atoms. The Labute approximate surface area is 181 Å². The number of rotatable bonds is 8. The first kappa shape index (κ1) is 22.0. The quantitative estimate of drug-likeness (QED) is 0.603. The number of benzene rings is 1. The maximum atomic E-state index is 13.5. The minimum absolute atomic E-state index is 0.0736. The van der Waals surface area contributed by atoms with Crippen molar-refractivity contribution >= 4 is 23.0 Å². The monoisotopic (exact) mass is 428 g/mol. The van der Waals surface area contributed by atoms with Crippen molar-refractivity contribution in [3.8, 4) is 5.75 Å². The summed E-state index contributed by atoms with van der Waals surface area (Å²) >= 11 is 1.28. The molecule has 1 aromatic heterocycles. The Morgan fingerprint density at radius 2 is 2.00 bits per heavy atom. The Morgan fingerprint density at radius 1 is 1.30 bits per heavy atom. The van der Waals surface area contributed by atoms with Gasteiger partial charge in [0, 0.05) is 12.1 Å². The molecule has 0 saturated carbocycles. The number of hydrogen-bond acceptors (Lipinski definition) is 6. The summed E-state index contributed by atoms with van der Waals surface area (Å²) in [7, 11) is 0. The predicted octanol–water partition coefficient (Wildman–Crippen LogP) is 4.93. The average molecular weight is 429 g/mol. The second-order valence-corrected chi connectivity index (χ2v) is 8.90. The van der Waals surface area contributed by atoms with E-state index < -0.39 is 17.7 Å². The number of Topliss-reactive ketones (excluding diaryl/α,β-unsaturated/α-hetero) is 1. The third-order valence-electron chi connectivity index (χ3n) is 4.99. The first-order valence-corrected chi connectivity index (χ1v) is 11.1. The van der Waals surface area contributed by atoms with Crippen molar-refractivity contribution in [1.29, 1.82) is 0 Å². The molecule has 0 radical (unpaired) electrons. The van der Waals surface area contributed by atoms with Gasteiger partial charge in [-0.3, -0.25) is 9.59 Å². The van der Waals surface area contributed by atoms with Gasteiger partial charge in [0.1, 0.15) is 5.75 Å². The number of nitrogens with zero attached hydrogens (tertiary/aromatic N) is 2. The van der Waals surface area contributed by atoms with Gasteiger partial charge in [-0.1, -0.05) is 31.5 Å². The molecular formula is C23H28N2O4S. The van der Waals surface area contributed by atoms with E-state index in [1.165, 1.54) is 11.3 Å². The molecule has 30 heavy (non-hydrogen) atoms. The van der Waals surface area contributed by atoms with Gasteiger partial charge in [0.2, 0.25) is 5.78 Å². The third kappa shape index (κ3) is 4.12. The Hall–Kier alpha value is -2.67. The minimum atomic E-state index is -0.701. The number of ether oxygens (including phenoxy) is 1. The molecule has 0 aliphatic carbocycles. The molecule has 0 saturated heterocycles. The summed E-state index contributed by atoms with van der Waals surface area (Å²) in [6.07, 6.45) is 1.58. The molecule has 2 heterocycles. The second-order valence-electron chi connectivity index (χ2n) is 7.70. The molecule has 6 nitrogen and oxygen atoms in total. The summed E-state index contributed by atoms with van der Waals surface area (Å²) in [5.41, 5.74) is 1.40. The van der Waals surface area contributed by atoms with Crippen LogP contribution in [0.1, 0.15) is 65.6 Å². The van der Waals surface area contributed by atoms with E-state index in [4.69, 9.17) is 4.74 Å². The van der Waals surface area contributed by atoms with Crippen LogP contribution in [-0.2, 0) is 4.79 Å². The summed E-state index contributed by atoms with van der Waals surface area (Å²) < 4.78 is 5.98. The number of thiazole rings is 1. The van der Waals surface area contributed by atoms with Gasteiger partial charge in [-0.15, -0.1) is 11.3 Å². The number of unbranched alkanes of at least 4 members (excludes halogenated alkanes) is 1. The third-order valence-corrected chi connectivity index (χ3v) is 6.06. The van der Waals surface area contributed by atoms with E-state index in [0.29, 0.717) is 28.4 Å². The fraction of sp³-hybridized carbons (Fsp3) is 0.435. The number of aliphatic hydroxyl groups excluding tert-OH is 1. The van der Waals surface area contributed by atoms with Gasteiger partial charge >= 0.3 is 0 Å². The van der Waals surface area contributed by atoms with Crippen molar-refractivity contribution in [2.24, 2.45) is 0 Å². The van der Waals surface area contributed by atoms with E-state index in [-0.39, 0.29) is 17.5 Å². The molecule has 1 atom stereocenters. The summed E-state index contributed by atoms with van der Waals surface area (Å²) in [6.45, 7) is 9.93. The number of aliphatic hydroxyl groups is 1. The lowest BCUT2D eigenvalue weighted by Gasteiger charge is -2.28. The van der Waals surface area contributed by atoms with Crippen LogP contribution >= 0.6 is 11.3 Å². The van der Waals surface area contributed by atoms with Crippen molar-refractivity contribution in [3.05, 3.63) is 56.7 Å². The maximum Gasteiger partial charge on any atom is 0.290 e. The van der Waals surface area contributed by atoms with Crippen molar-refractivity contribution in [3.63, 3.8) is 0 Å². The van der Waals surface area contributed by atoms with E-state index >= 15 is 0 Å². The highest BCUT2D eigenvalue weighted by atomic mass is 32.1. The Balaban J connectivity index is 2.15. The van der Waals surface area contributed by atoms with Crippen molar-refractivity contribution in [2.45, 2.75) is 59.6 Å². The number of aromatic nitrogens is 1. The highest BCUT2D eigenvalue weighted by molar-refractivity contribution is 7.14. The first-order valence-electron chi connectivity index (χ1n) is 10.2. The fourth-order valence-corrected chi connectivity index (χ4v) is 4.57. The van der Waals surface area contributed by atoms with Gasteiger partial charge in [-0.25, -0.2) is 4.98 Å². The molecule has 1 aliphatic rings. The largest absolute Gasteiger partial charge is 0.503 e. The lowest BCUT2D eigenvalue weighted by atomic mass is 9.94. The zero-order valence-electron chi connectivity index (χ0n) is 18.1. The van der Waals surface area contributed by atoms with Gasteiger partial charge in [-0.05, 0) is 40.2 Å². The minimum Gasteiger partial charge on any atom is -0.503 e. The van der Waals surface area contributed by atoms with Crippen LogP contribution in [0.4, 0.5) is 0 Å². The number of para-hydroxylation sites is 1. The topological polar surface area (TPSA) is 79.7 Å². The number of ketones is 1. The van der Waals surface area contributed by atoms with Crippen LogP contribution in [0.2, 0.25) is 0 Å². The van der Waals surface area contributed by atoms with Gasteiger partial charge in [0.15, 0.2) is 5.76 Å². The van der Waals surface area contributed by atoms with Crippen molar-refractivity contribution < 1.29 is 19.4 Å². The summed E-state index contributed by atoms with van der Waals surface area (Å²) in [5.74, 6) is -0.753. The van der Waals surface area contributed by atoms with Gasteiger partial charge in [-0.2, -0.15) is 0 Å². The molecule has 3 rings (SSSR count). The number of carbonyl (C=O) groups excluding carboxylic acids is 2. The fourth-order valence-electron chi connectivity index (χ4n) is 3.70. The first-order chi connectivity index (χ1) is 14.3. The van der Waals surface area contributed by atoms with Gasteiger partial charge in [0.05, 0.1) is 33.3 Å². The SMILES string of the molecule is CCCCN1C(=O)C(O)=C(C(=O)c2sc(C)nc2C)C1c1ccccc1OC(C)C. The molecule has 1 aliphatic heterocycles. The Bertz CT molecular complexity index is 993. The Kier molecular flexibility index (Phi) is 6.61. The highest BCUT2D eigenvalue weighted by Gasteiger charge is 2.45. The van der Waals surface area contributed by atoms with E-state index in [9.17, 15) is 14.7 Å².